The van der Waals surface area contributed by atoms with Crippen molar-refractivity contribution in [1.29, 1.82) is 5.26 Å². The van der Waals surface area contributed by atoms with Crippen LogP contribution >= 0.6 is 0 Å². The van der Waals surface area contributed by atoms with E-state index in [4.69, 9.17) is 10.00 Å². The van der Waals surface area contributed by atoms with Crippen molar-refractivity contribution in [3.05, 3.63) is 29.3 Å². The van der Waals surface area contributed by atoms with Gasteiger partial charge in [-0.3, -0.25) is 0 Å². The summed E-state index contributed by atoms with van der Waals surface area (Å²) in [6.45, 7) is 2.71. The topological polar surface area (TPSA) is 33.0 Å². The van der Waals surface area contributed by atoms with Crippen LogP contribution in [0.1, 0.15) is 83.1 Å². The first-order chi connectivity index (χ1) is 13.6. The molecule has 154 valence electrons. The third kappa shape index (κ3) is 5.25. The number of nitriles is 1. The molecule has 4 heteroatoms. The zero-order valence-electron chi connectivity index (χ0n) is 17.1. The van der Waals surface area contributed by atoms with Gasteiger partial charge in [0, 0.05) is 0 Å². The average Bonchev–Trinajstić information content (AvgIpc) is 2.74. The van der Waals surface area contributed by atoms with Gasteiger partial charge in [-0.15, -0.1) is 0 Å². The van der Waals surface area contributed by atoms with Crippen molar-refractivity contribution in [3.63, 3.8) is 0 Å². The lowest BCUT2D eigenvalue weighted by Gasteiger charge is -2.38. The zero-order chi connectivity index (χ0) is 19.9. The molecule has 1 aromatic rings. The van der Waals surface area contributed by atoms with E-state index in [1.165, 1.54) is 69.9 Å². The van der Waals surface area contributed by atoms with Gasteiger partial charge >= 0.3 is 0 Å². The van der Waals surface area contributed by atoms with Gasteiger partial charge in [0.1, 0.15) is 6.07 Å². The molecule has 2 aliphatic rings. The van der Waals surface area contributed by atoms with Gasteiger partial charge in [0.15, 0.2) is 11.6 Å². The molecule has 0 bridgehead atoms. The molecule has 2 fully saturated rings. The normalized spacial score (nSPS) is 27.9. The predicted molar refractivity (Wildman–Crippen MR) is 107 cm³/mol. The molecular weight excluding hydrogens is 356 g/mol. The van der Waals surface area contributed by atoms with Crippen LogP contribution in [0.5, 0.6) is 5.75 Å². The van der Waals surface area contributed by atoms with Crippen molar-refractivity contribution in [2.75, 3.05) is 6.61 Å². The van der Waals surface area contributed by atoms with Crippen LogP contribution in [0.3, 0.4) is 0 Å². The van der Waals surface area contributed by atoms with Crippen LogP contribution in [-0.2, 0) is 0 Å². The van der Waals surface area contributed by atoms with Gasteiger partial charge in [0.2, 0.25) is 5.82 Å². The van der Waals surface area contributed by atoms with Gasteiger partial charge in [-0.25, -0.2) is 4.39 Å². The second kappa shape index (κ2) is 10.2. The summed E-state index contributed by atoms with van der Waals surface area (Å²) in [5.41, 5.74) is -0.283. The van der Waals surface area contributed by atoms with Crippen molar-refractivity contribution in [2.45, 2.75) is 77.6 Å². The van der Waals surface area contributed by atoms with Crippen LogP contribution in [0.4, 0.5) is 8.78 Å². The first kappa shape index (κ1) is 21.1. The Morgan fingerprint density at radius 2 is 1.54 bits per heavy atom. The van der Waals surface area contributed by atoms with Crippen molar-refractivity contribution >= 4 is 0 Å². The van der Waals surface area contributed by atoms with E-state index in [9.17, 15) is 8.78 Å². The number of rotatable bonds is 7. The predicted octanol–water partition coefficient (Wildman–Crippen LogP) is 7.02. The van der Waals surface area contributed by atoms with E-state index in [-0.39, 0.29) is 11.3 Å². The SMILES string of the molecule is CCCCC1CCC(C2CCC(COc3ccc(C#N)c(F)c3F)CC2)CC1. The maximum Gasteiger partial charge on any atom is 0.201 e. The molecule has 2 saturated carbocycles. The maximum atomic E-state index is 14.0. The number of hydrogen-bond acceptors (Lipinski definition) is 2. The highest BCUT2D eigenvalue weighted by Crippen LogP contribution is 2.42. The van der Waals surface area contributed by atoms with Crippen LogP contribution in [0.15, 0.2) is 12.1 Å². The third-order valence-corrected chi connectivity index (χ3v) is 7.06. The standard InChI is InChI=1S/C24H33F2NO/c1-2-3-4-17-5-9-19(10-6-17)20-11-7-18(8-12-20)16-28-22-14-13-21(15-27)23(25)24(22)26/h13-14,17-20H,2-12,16H2,1H3. The highest BCUT2D eigenvalue weighted by molar-refractivity contribution is 5.37. The minimum atomic E-state index is -1.11. The summed E-state index contributed by atoms with van der Waals surface area (Å²) in [7, 11) is 0. The van der Waals surface area contributed by atoms with Gasteiger partial charge in [-0.2, -0.15) is 9.65 Å². The molecule has 0 saturated heterocycles. The van der Waals surface area contributed by atoms with Crippen LogP contribution < -0.4 is 4.74 Å². The summed E-state index contributed by atoms with van der Waals surface area (Å²) in [6.07, 6.45) is 14.4. The highest BCUT2D eigenvalue weighted by Gasteiger charge is 2.31. The summed E-state index contributed by atoms with van der Waals surface area (Å²) < 4.78 is 33.2. The summed E-state index contributed by atoms with van der Waals surface area (Å²) in [4.78, 5) is 0. The van der Waals surface area contributed by atoms with E-state index in [1.54, 1.807) is 6.07 Å². The Hall–Kier alpha value is -1.63. The lowest BCUT2D eigenvalue weighted by atomic mass is 9.69. The largest absolute Gasteiger partial charge is 0.490 e. The molecule has 0 amide bonds. The number of nitrogens with zero attached hydrogens (tertiary/aromatic N) is 1. The molecule has 1 aromatic carbocycles. The molecule has 0 N–H and O–H groups in total. The fourth-order valence-corrected chi connectivity index (χ4v) is 5.20. The average molecular weight is 390 g/mol. The summed E-state index contributed by atoms with van der Waals surface area (Å²) in [6, 6.07) is 4.29. The molecule has 0 heterocycles. The number of ether oxygens (including phenoxy) is 1. The Labute approximate surface area is 168 Å². The Balaban J connectivity index is 1.40. The van der Waals surface area contributed by atoms with Gasteiger partial charge in [-0.1, -0.05) is 39.0 Å². The lowest BCUT2D eigenvalue weighted by molar-refractivity contribution is 0.120. The lowest BCUT2D eigenvalue weighted by Crippen LogP contribution is -2.27. The molecule has 0 unspecified atom stereocenters. The summed E-state index contributed by atoms with van der Waals surface area (Å²) >= 11 is 0. The fourth-order valence-electron chi connectivity index (χ4n) is 5.20. The molecule has 0 radical (unpaired) electrons. The highest BCUT2D eigenvalue weighted by atomic mass is 19.2. The second-order valence-electron chi connectivity index (χ2n) is 8.87. The van der Waals surface area contributed by atoms with Crippen LogP contribution in [0.2, 0.25) is 0 Å². The van der Waals surface area contributed by atoms with E-state index in [0.29, 0.717) is 12.5 Å². The van der Waals surface area contributed by atoms with Crippen molar-refractivity contribution in [2.24, 2.45) is 23.7 Å². The van der Waals surface area contributed by atoms with E-state index in [0.717, 1.165) is 30.6 Å². The Morgan fingerprint density at radius 3 is 2.11 bits per heavy atom. The van der Waals surface area contributed by atoms with Gasteiger partial charge in [0.05, 0.1) is 12.2 Å². The van der Waals surface area contributed by atoms with Gasteiger partial charge in [-0.05, 0) is 74.3 Å². The van der Waals surface area contributed by atoms with Crippen LogP contribution in [0.25, 0.3) is 0 Å². The summed E-state index contributed by atoms with van der Waals surface area (Å²) in [5.74, 6) is 0.867. The van der Waals surface area contributed by atoms with Crippen LogP contribution in [0, 0.1) is 46.6 Å². The smallest absolute Gasteiger partial charge is 0.201 e. The fraction of sp³-hybridized carbons (Fsp3) is 0.708. The third-order valence-electron chi connectivity index (χ3n) is 7.06. The number of hydrogen-bond donors (Lipinski definition) is 0. The number of halogens is 2. The molecule has 3 rings (SSSR count). The number of benzene rings is 1. The Kier molecular flexibility index (Phi) is 7.71. The Morgan fingerprint density at radius 1 is 0.929 bits per heavy atom. The summed E-state index contributed by atoms with van der Waals surface area (Å²) in [5, 5.41) is 8.75. The first-order valence-corrected chi connectivity index (χ1v) is 11.1. The second-order valence-corrected chi connectivity index (χ2v) is 8.87. The maximum absolute atomic E-state index is 14.0. The molecule has 2 aliphatic carbocycles. The number of unbranched alkanes of at least 4 members (excludes halogenated alkanes) is 1. The zero-order valence-corrected chi connectivity index (χ0v) is 17.1. The van der Waals surface area contributed by atoms with E-state index in [2.05, 4.69) is 6.92 Å². The molecule has 0 aromatic heterocycles. The van der Waals surface area contributed by atoms with E-state index >= 15 is 0 Å². The molecule has 28 heavy (non-hydrogen) atoms. The van der Waals surface area contributed by atoms with Gasteiger partial charge in [0.25, 0.3) is 0 Å². The first-order valence-electron chi connectivity index (χ1n) is 11.1. The van der Waals surface area contributed by atoms with Crippen molar-refractivity contribution in [1.82, 2.24) is 0 Å². The quantitative estimate of drug-likeness (QED) is 0.502. The van der Waals surface area contributed by atoms with Crippen LogP contribution in [-0.4, -0.2) is 6.61 Å². The molecule has 0 aliphatic heterocycles. The minimum absolute atomic E-state index is 0.0796. The van der Waals surface area contributed by atoms with E-state index < -0.39 is 11.6 Å². The van der Waals surface area contributed by atoms with Gasteiger partial charge < -0.3 is 4.74 Å². The molecule has 0 atom stereocenters. The minimum Gasteiger partial charge on any atom is -0.490 e. The molecular formula is C24H33F2NO. The molecule has 0 spiro atoms. The van der Waals surface area contributed by atoms with E-state index in [1.807, 2.05) is 0 Å². The monoisotopic (exact) mass is 389 g/mol. The Bertz CT molecular complexity index is 668. The molecule has 2 nitrogen and oxygen atoms in total. The van der Waals surface area contributed by atoms with Crippen molar-refractivity contribution in [3.8, 4) is 11.8 Å². The van der Waals surface area contributed by atoms with Crippen molar-refractivity contribution < 1.29 is 13.5 Å².